The number of carbonyl (C=O) groups excluding carboxylic acids is 1. The van der Waals surface area contributed by atoms with E-state index in [9.17, 15) is 9.59 Å². The average Bonchev–Trinajstić information content (AvgIpc) is 2.26. The molecule has 0 aliphatic heterocycles. The Morgan fingerprint density at radius 2 is 1.81 bits per heavy atom. The first-order valence-electron chi connectivity index (χ1n) is 5.13. The summed E-state index contributed by atoms with van der Waals surface area (Å²) in [4.78, 5) is 23.6. The highest BCUT2D eigenvalue weighted by Gasteiger charge is 2.16. The Balaban J connectivity index is 2.96. The second kappa shape index (κ2) is 5.30. The summed E-state index contributed by atoms with van der Waals surface area (Å²) in [5, 5.41) is 8.75. The summed E-state index contributed by atoms with van der Waals surface area (Å²) < 4.78 is 0. The first-order valence-corrected chi connectivity index (χ1v) is 5.13. The van der Waals surface area contributed by atoms with Crippen molar-refractivity contribution in [2.24, 2.45) is 0 Å². The van der Waals surface area contributed by atoms with Crippen LogP contribution in [0, 0.1) is 6.92 Å². The van der Waals surface area contributed by atoms with Gasteiger partial charge in [-0.1, -0.05) is 24.6 Å². The summed E-state index contributed by atoms with van der Waals surface area (Å²) in [6.45, 7) is 3.36. The molecule has 1 aromatic carbocycles. The topological polar surface area (TPSA) is 57.6 Å². The number of aliphatic carboxylic acids is 1. The molecule has 0 radical (unpaired) electrons. The van der Waals surface area contributed by atoms with Gasteiger partial charge in [-0.25, -0.2) is 0 Å². The summed E-state index contributed by atoms with van der Waals surface area (Å²) in [5.41, 5.74) is 1.70. The number of anilines is 1. The second-order valence-corrected chi connectivity index (χ2v) is 3.56. The molecule has 86 valence electrons. The van der Waals surface area contributed by atoms with Gasteiger partial charge in [-0.05, 0) is 19.1 Å². The van der Waals surface area contributed by atoms with Crippen LogP contribution in [0.25, 0.3) is 0 Å². The number of hydrogen-bond acceptors (Lipinski definition) is 2. The molecule has 0 spiro atoms. The third kappa shape index (κ3) is 3.08. The Labute approximate surface area is 94.5 Å². The number of carboxylic acid groups (broad SMARTS) is 1. The van der Waals surface area contributed by atoms with E-state index in [4.69, 9.17) is 5.11 Å². The van der Waals surface area contributed by atoms with Crippen LogP contribution in [0.15, 0.2) is 24.3 Å². The molecule has 1 rings (SSSR count). The van der Waals surface area contributed by atoms with Crippen molar-refractivity contribution >= 4 is 17.6 Å². The Hall–Kier alpha value is -1.84. The predicted octanol–water partition coefficient (Wildman–Crippen LogP) is 1.82. The smallest absolute Gasteiger partial charge is 0.323 e. The van der Waals surface area contributed by atoms with Gasteiger partial charge >= 0.3 is 5.97 Å². The molecule has 4 heteroatoms. The first kappa shape index (κ1) is 12.2. The van der Waals surface area contributed by atoms with Gasteiger partial charge in [0.05, 0.1) is 0 Å². The fourth-order valence-corrected chi connectivity index (χ4v) is 1.37. The maximum Gasteiger partial charge on any atom is 0.323 e. The highest BCUT2D eigenvalue weighted by molar-refractivity contribution is 5.97. The highest BCUT2D eigenvalue weighted by Crippen LogP contribution is 2.15. The monoisotopic (exact) mass is 221 g/mol. The van der Waals surface area contributed by atoms with Crippen LogP contribution in [0.5, 0.6) is 0 Å². The van der Waals surface area contributed by atoms with Crippen LogP contribution in [0.2, 0.25) is 0 Å². The van der Waals surface area contributed by atoms with Crippen molar-refractivity contribution in [3.63, 3.8) is 0 Å². The molecule has 0 aromatic heterocycles. The molecule has 1 aromatic rings. The van der Waals surface area contributed by atoms with Crippen molar-refractivity contribution in [1.82, 2.24) is 0 Å². The highest BCUT2D eigenvalue weighted by atomic mass is 16.4. The Kier molecular flexibility index (Phi) is 4.05. The maximum atomic E-state index is 11.6. The van der Waals surface area contributed by atoms with E-state index in [2.05, 4.69) is 0 Å². The van der Waals surface area contributed by atoms with Gasteiger partial charge in [0.15, 0.2) is 0 Å². The minimum Gasteiger partial charge on any atom is -0.480 e. The molecule has 0 aliphatic rings. The molecule has 0 heterocycles. The Morgan fingerprint density at radius 3 is 2.25 bits per heavy atom. The fraction of sp³-hybridized carbons (Fsp3) is 0.333. The molecule has 1 N–H and O–H groups in total. The number of carboxylic acids is 1. The van der Waals surface area contributed by atoms with E-state index in [0.717, 1.165) is 5.56 Å². The van der Waals surface area contributed by atoms with Crippen LogP contribution in [0.1, 0.15) is 18.9 Å². The SMILES string of the molecule is CCC(=O)N(CC(=O)O)c1ccc(C)cc1. The number of nitrogens with zero attached hydrogens (tertiary/aromatic N) is 1. The van der Waals surface area contributed by atoms with Crippen molar-refractivity contribution in [3.8, 4) is 0 Å². The standard InChI is InChI=1S/C12H15NO3/c1-3-11(14)13(8-12(15)16)10-6-4-9(2)5-7-10/h4-7H,3,8H2,1-2H3,(H,15,16). The summed E-state index contributed by atoms with van der Waals surface area (Å²) >= 11 is 0. The summed E-state index contributed by atoms with van der Waals surface area (Å²) in [6, 6.07) is 7.22. The van der Waals surface area contributed by atoms with E-state index in [1.54, 1.807) is 19.1 Å². The lowest BCUT2D eigenvalue weighted by molar-refractivity contribution is -0.136. The lowest BCUT2D eigenvalue weighted by Gasteiger charge is -2.20. The second-order valence-electron chi connectivity index (χ2n) is 3.56. The minimum atomic E-state index is -1.01. The molecule has 0 bridgehead atoms. The molecule has 0 atom stereocenters. The van der Waals surface area contributed by atoms with Gasteiger partial charge in [0.25, 0.3) is 0 Å². The van der Waals surface area contributed by atoms with Crippen molar-refractivity contribution in [2.75, 3.05) is 11.4 Å². The molecular formula is C12H15NO3. The number of amides is 1. The van der Waals surface area contributed by atoms with Crippen LogP contribution in [-0.4, -0.2) is 23.5 Å². The van der Waals surface area contributed by atoms with Crippen molar-refractivity contribution in [2.45, 2.75) is 20.3 Å². The van der Waals surface area contributed by atoms with Crippen LogP contribution in [-0.2, 0) is 9.59 Å². The molecule has 16 heavy (non-hydrogen) atoms. The van der Waals surface area contributed by atoms with E-state index in [-0.39, 0.29) is 12.5 Å². The molecule has 4 nitrogen and oxygen atoms in total. The zero-order valence-corrected chi connectivity index (χ0v) is 9.43. The van der Waals surface area contributed by atoms with Gasteiger partial charge in [-0.2, -0.15) is 0 Å². The number of rotatable bonds is 4. The minimum absolute atomic E-state index is 0.189. The fourth-order valence-electron chi connectivity index (χ4n) is 1.37. The van der Waals surface area contributed by atoms with Crippen molar-refractivity contribution in [3.05, 3.63) is 29.8 Å². The lowest BCUT2D eigenvalue weighted by atomic mass is 10.2. The van der Waals surface area contributed by atoms with Gasteiger partial charge < -0.3 is 10.0 Å². The average molecular weight is 221 g/mol. The summed E-state index contributed by atoms with van der Waals surface area (Å²) in [5.74, 6) is -1.20. The zero-order chi connectivity index (χ0) is 12.1. The number of carbonyl (C=O) groups is 2. The van der Waals surface area contributed by atoms with E-state index in [1.165, 1.54) is 4.90 Å². The molecule has 0 unspecified atom stereocenters. The van der Waals surface area contributed by atoms with Gasteiger partial charge in [0.1, 0.15) is 6.54 Å². The molecule has 0 saturated carbocycles. The largest absolute Gasteiger partial charge is 0.480 e. The lowest BCUT2D eigenvalue weighted by Crippen LogP contribution is -2.35. The zero-order valence-electron chi connectivity index (χ0n) is 9.43. The van der Waals surface area contributed by atoms with E-state index in [0.29, 0.717) is 12.1 Å². The number of aryl methyl sites for hydroxylation is 1. The van der Waals surface area contributed by atoms with Crippen molar-refractivity contribution in [1.29, 1.82) is 0 Å². The first-order chi connectivity index (χ1) is 7.54. The Morgan fingerprint density at radius 1 is 1.25 bits per heavy atom. The van der Waals surface area contributed by atoms with E-state index in [1.807, 2.05) is 19.1 Å². The summed E-state index contributed by atoms with van der Waals surface area (Å²) in [6.07, 6.45) is 0.293. The third-order valence-electron chi connectivity index (χ3n) is 2.24. The van der Waals surface area contributed by atoms with Crippen LogP contribution in [0.3, 0.4) is 0 Å². The van der Waals surface area contributed by atoms with E-state index >= 15 is 0 Å². The third-order valence-corrected chi connectivity index (χ3v) is 2.24. The molecule has 0 aliphatic carbocycles. The van der Waals surface area contributed by atoms with Crippen LogP contribution >= 0.6 is 0 Å². The molecule has 0 fully saturated rings. The van der Waals surface area contributed by atoms with E-state index < -0.39 is 5.97 Å². The number of hydrogen-bond donors (Lipinski definition) is 1. The van der Waals surface area contributed by atoms with Crippen LogP contribution < -0.4 is 4.90 Å². The van der Waals surface area contributed by atoms with Gasteiger partial charge in [0, 0.05) is 12.1 Å². The predicted molar refractivity (Wildman–Crippen MR) is 61.5 cm³/mol. The summed E-state index contributed by atoms with van der Waals surface area (Å²) in [7, 11) is 0. The quantitative estimate of drug-likeness (QED) is 0.843. The maximum absolute atomic E-state index is 11.6. The molecule has 0 saturated heterocycles. The molecular weight excluding hydrogens is 206 g/mol. The van der Waals surface area contributed by atoms with Gasteiger partial charge in [-0.15, -0.1) is 0 Å². The van der Waals surface area contributed by atoms with Crippen molar-refractivity contribution < 1.29 is 14.7 Å². The normalized spacial score (nSPS) is 9.88. The van der Waals surface area contributed by atoms with Crippen LogP contribution in [0.4, 0.5) is 5.69 Å². The Bertz CT molecular complexity index is 384. The van der Waals surface area contributed by atoms with Gasteiger partial charge in [-0.3, -0.25) is 9.59 Å². The van der Waals surface area contributed by atoms with Gasteiger partial charge in [0.2, 0.25) is 5.91 Å². The molecule has 1 amide bonds. The number of benzene rings is 1.